The van der Waals surface area contributed by atoms with E-state index in [2.05, 4.69) is 10.7 Å². The van der Waals surface area contributed by atoms with Crippen LogP contribution in [-0.2, 0) is 0 Å². The average molecular weight is 158 g/mol. The Bertz CT molecular complexity index is 187. The van der Waals surface area contributed by atoms with Crippen molar-refractivity contribution in [3.8, 4) is 0 Å². The third-order valence-electron chi connectivity index (χ3n) is 0.636. The first kappa shape index (κ1) is 9.41. The van der Waals surface area contributed by atoms with Gasteiger partial charge in [0.25, 0.3) is 0 Å². The number of rotatable bonds is 1. The molecule has 0 saturated carbocycles. The predicted octanol–water partition coefficient (Wildman–Crippen LogP) is -0.635. The first-order valence-corrected chi connectivity index (χ1v) is 2.83. The molecule has 0 atom stereocenters. The first-order chi connectivity index (χ1) is 5.02. The van der Waals surface area contributed by atoms with Crippen molar-refractivity contribution < 1.29 is 9.59 Å². The van der Waals surface area contributed by atoms with Gasteiger partial charge in [-0.3, -0.25) is 5.32 Å². The van der Waals surface area contributed by atoms with Gasteiger partial charge in [-0.05, 0) is 0 Å². The van der Waals surface area contributed by atoms with E-state index in [0.717, 1.165) is 0 Å². The van der Waals surface area contributed by atoms with E-state index >= 15 is 0 Å². The summed E-state index contributed by atoms with van der Waals surface area (Å²) < 4.78 is 0. The molecule has 0 aliphatic heterocycles. The number of nitrogens with zero attached hydrogens (tertiary/aromatic N) is 2. The highest BCUT2D eigenvalue weighted by Crippen LogP contribution is 1.72. The Balaban J connectivity index is 3.78. The summed E-state index contributed by atoms with van der Waals surface area (Å²) >= 11 is 0. The van der Waals surface area contributed by atoms with Gasteiger partial charge in [0.1, 0.15) is 0 Å². The van der Waals surface area contributed by atoms with Gasteiger partial charge in [-0.15, -0.1) is 0 Å². The largest absolute Gasteiger partial charge is 0.369 e. The SMILES string of the molecule is CN(C)/C=N/C(=O)NC(N)=O. The highest BCUT2D eigenvalue weighted by atomic mass is 16.2. The fourth-order valence-electron chi connectivity index (χ4n) is 0.306. The minimum atomic E-state index is -0.911. The molecule has 0 saturated heterocycles. The Morgan fingerprint density at radius 3 is 2.45 bits per heavy atom. The number of imide groups is 1. The van der Waals surface area contributed by atoms with Crippen LogP contribution in [0.2, 0.25) is 0 Å². The lowest BCUT2D eigenvalue weighted by Gasteiger charge is -2.00. The maximum absolute atomic E-state index is 10.5. The second kappa shape index (κ2) is 4.26. The molecule has 6 heteroatoms. The smallest absolute Gasteiger partial charge is 0.350 e. The number of amides is 4. The molecule has 62 valence electrons. The minimum Gasteiger partial charge on any atom is -0.369 e. The monoisotopic (exact) mass is 158 g/mol. The van der Waals surface area contributed by atoms with Crippen LogP contribution in [0.1, 0.15) is 0 Å². The van der Waals surface area contributed by atoms with Gasteiger partial charge >= 0.3 is 12.1 Å². The molecule has 6 nitrogen and oxygen atoms in total. The van der Waals surface area contributed by atoms with E-state index in [9.17, 15) is 9.59 Å². The summed E-state index contributed by atoms with van der Waals surface area (Å²) in [6.45, 7) is 0. The van der Waals surface area contributed by atoms with Gasteiger partial charge in [-0.2, -0.15) is 4.99 Å². The molecule has 0 aliphatic rings. The number of primary amides is 1. The van der Waals surface area contributed by atoms with Gasteiger partial charge in [0, 0.05) is 14.1 Å². The Morgan fingerprint density at radius 2 is 2.09 bits per heavy atom. The van der Waals surface area contributed by atoms with Gasteiger partial charge in [0.15, 0.2) is 0 Å². The van der Waals surface area contributed by atoms with Crippen LogP contribution in [0.4, 0.5) is 9.59 Å². The van der Waals surface area contributed by atoms with Crippen molar-refractivity contribution in [3.63, 3.8) is 0 Å². The highest BCUT2D eigenvalue weighted by molar-refractivity contribution is 5.95. The summed E-state index contributed by atoms with van der Waals surface area (Å²) in [4.78, 5) is 25.4. The van der Waals surface area contributed by atoms with Gasteiger partial charge in [-0.25, -0.2) is 9.59 Å². The zero-order chi connectivity index (χ0) is 8.85. The summed E-state index contributed by atoms with van der Waals surface area (Å²) in [5.41, 5.74) is 4.64. The third kappa shape index (κ3) is 6.29. The van der Waals surface area contributed by atoms with Gasteiger partial charge in [0.2, 0.25) is 0 Å². The van der Waals surface area contributed by atoms with E-state index in [-0.39, 0.29) is 0 Å². The van der Waals surface area contributed by atoms with E-state index in [1.807, 2.05) is 0 Å². The first-order valence-electron chi connectivity index (χ1n) is 2.83. The van der Waals surface area contributed by atoms with Crippen molar-refractivity contribution in [2.45, 2.75) is 0 Å². The Labute approximate surface area is 64.1 Å². The lowest BCUT2D eigenvalue weighted by molar-refractivity contribution is 0.236. The summed E-state index contributed by atoms with van der Waals surface area (Å²) in [5.74, 6) is 0. The normalized spacial score (nSPS) is 9.64. The highest BCUT2D eigenvalue weighted by Gasteiger charge is 1.98. The molecule has 0 aromatic carbocycles. The van der Waals surface area contributed by atoms with Gasteiger partial charge in [0.05, 0.1) is 6.34 Å². The molecule has 0 aromatic heterocycles. The molecule has 11 heavy (non-hydrogen) atoms. The fourth-order valence-corrected chi connectivity index (χ4v) is 0.306. The molecular weight excluding hydrogens is 148 g/mol. The summed E-state index contributed by atoms with van der Waals surface area (Å²) in [5, 5.41) is 1.77. The van der Waals surface area contributed by atoms with Crippen molar-refractivity contribution in [3.05, 3.63) is 0 Å². The fraction of sp³-hybridized carbons (Fsp3) is 0.400. The quantitative estimate of drug-likeness (QED) is 0.393. The summed E-state index contributed by atoms with van der Waals surface area (Å²) in [6, 6.07) is -1.68. The lowest BCUT2D eigenvalue weighted by Crippen LogP contribution is -2.33. The maximum Gasteiger partial charge on any atom is 0.350 e. The lowest BCUT2D eigenvalue weighted by atomic mass is 10.9. The van der Waals surface area contributed by atoms with E-state index in [4.69, 9.17) is 0 Å². The third-order valence-corrected chi connectivity index (χ3v) is 0.636. The summed E-state index contributed by atoms with van der Waals surface area (Å²) in [7, 11) is 3.39. The van der Waals surface area contributed by atoms with Crippen molar-refractivity contribution in [2.24, 2.45) is 10.7 Å². The number of nitrogens with one attached hydrogen (secondary N) is 1. The van der Waals surface area contributed by atoms with Crippen LogP contribution in [0.15, 0.2) is 4.99 Å². The van der Waals surface area contributed by atoms with E-state index in [1.165, 1.54) is 6.34 Å². The van der Waals surface area contributed by atoms with Crippen molar-refractivity contribution in [1.82, 2.24) is 10.2 Å². The van der Waals surface area contributed by atoms with Gasteiger partial charge in [-0.1, -0.05) is 0 Å². The van der Waals surface area contributed by atoms with Crippen LogP contribution in [0.5, 0.6) is 0 Å². The summed E-state index contributed by atoms with van der Waals surface area (Å²) in [6.07, 6.45) is 1.26. The standard InChI is InChI=1S/C5H10N4O2/c1-9(2)3-7-5(11)8-4(6)10/h3H,1-2H3,(H3,6,8,10,11)/b7-3+. The van der Waals surface area contributed by atoms with E-state index in [1.54, 1.807) is 24.3 Å². The molecule has 0 unspecified atom stereocenters. The van der Waals surface area contributed by atoms with Crippen molar-refractivity contribution >= 4 is 18.4 Å². The number of carbonyl (C=O) groups is 2. The van der Waals surface area contributed by atoms with Crippen LogP contribution >= 0.6 is 0 Å². The van der Waals surface area contributed by atoms with E-state index in [0.29, 0.717) is 0 Å². The Kier molecular flexibility index (Phi) is 3.65. The number of aliphatic imine (C=N–C) groups is 1. The van der Waals surface area contributed by atoms with Crippen LogP contribution in [0, 0.1) is 0 Å². The van der Waals surface area contributed by atoms with Crippen molar-refractivity contribution in [2.75, 3.05) is 14.1 Å². The molecule has 4 amide bonds. The van der Waals surface area contributed by atoms with Crippen LogP contribution in [0.25, 0.3) is 0 Å². The number of urea groups is 2. The number of carbonyl (C=O) groups excluding carboxylic acids is 2. The Morgan fingerprint density at radius 1 is 1.55 bits per heavy atom. The topological polar surface area (TPSA) is 87.8 Å². The molecule has 3 N–H and O–H groups in total. The van der Waals surface area contributed by atoms with Crippen molar-refractivity contribution in [1.29, 1.82) is 0 Å². The molecule has 0 fully saturated rings. The number of hydrogen-bond donors (Lipinski definition) is 2. The minimum absolute atomic E-state index is 0.772. The molecule has 0 rings (SSSR count). The molecule has 0 spiro atoms. The second-order valence-corrected chi connectivity index (χ2v) is 2.00. The zero-order valence-corrected chi connectivity index (χ0v) is 6.37. The van der Waals surface area contributed by atoms with Crippen LogP contribution in [0.3, 0.4) is 0 Å². The average Bonchev–Trinajstić information content (AvgIpc) is 1.82. The molecule has 0 radical (unpaired) electrons. The Hall–Kier alpha value is -1.59. The van der Waals surface area contributed by atoms with Crippen LogP contribution < -0.4 is 11.1 Å². The zero-order valence-electron chi connectivity index (χ0n) is 6.37. The molecule has 0 heterocycles. The molecule has 0 aromatic rings. The maximum atomic E-state index is 10.5. The number of nitrogens with two attached hydrogens (primary N) is 1. The van der Waals surface area contributed by atoms with Gasteiger partial charge < -0.3 is 10.6 Å². The molecule has 0 aliphatic carbocycles. The predicted molar refractivity (Wildman–Crippen MR) is 40.3 cm³/mol. The molecular formula is C5H10N4O2. The molecule has 0 bridgehead atoms. The van der Waals surface area contributed by atoms with Crippen LogP contribution in [-0.4, -0.2) is 37.4 Å². The van der Waals surface area contributed by atoms with E-state index < -0.39 is 12.1 Å². The number of hydrogen-bond acceptors (Lipinski definition) is 2. The second-order valence-electron chi connectivity index (χ2n) is 2.00.